The summed E-state index contributed by atoms with van der Waals surface area (Å²) in [5.74, 6) is 0.658. The second kappa shape index (κ2) is 3.81. The Balaban J connectivity index is 2.09. The van der Waals surface area contributed by atoms with Gasteiger partial charge in [-0.05, 0) is 37.8 Å². The van der Waals surface area contributed by atoms with Crippen LogP contribution in [0, 0.1) is 0 Å². The molecule has 2 heterocycles. The second-order valence-electron chi connectivity index (χ2n) is 5.18. The van der Waals surface area contributed by atoms with E-state index in [4.69, 9.17) is 5.73 Å². The number of nitrogens with two attached hydrogens (primary N) is 1. The van der Waals surface area contributed by atoms with Gasteiger partial charge in [-0.1, -0.05) is 0 Å². The third-order valence-corrected chi connectivity index (χ3v) is 3.29. The third-order valence-electron chi connectivity index (χ3n) is 3.29. The number of nitrogens with zero attached hydrogens (tertiary/aromatic N) is 3. The first-order valence-corrected chi connectivity index (χ1v) is 6.22. The minimum atomic E-state index is 0.176. The average Bonchev–Trinajstić information content (AvgIpc) is 3.04. The smallest absolute Gasteiger partial charge is 0.157 e. The molecule has 0 bridgehead atoms. The molecule has 1 saturated carbocycles. The number of rotatable bonds is 3. The van der Waals surface area contributed by atoms with Crippen molar-refractivity contribution < 1.29 is 0 Å². The summed E-state index contributed by atoms with van der Waals surface area (Å²) in [5, 5.41) is 5.81. The SMILES string of the molecule is CC(N)Cc1cnc2c(c1)c(C1CC1)nn2C. The lowest BCUT2D eigenvalue weighted by molar-refractivity contribution is 0.735. The minimum Gasteiger partial charge on any atom is -0.328 e. The Morgan fingerprint density at radius 3 is 2.94 bits per heavy atom. The summed E-state index contributed by atoms with van der Waals surface area (Å²) < 4.78 is 1.89. The van der Waals surface area contributed by atoms with Crippen LogP contribution in [0.25, 0.3) is 11.0 Å². The molecule has 1 atom stereocenters. The number of fused-ring (bicyclic) bond motifs is 1. The molecule has 1 aliphatic rings. The summed E-state index contributed by atoms with van der Waals surface area (Å²) in [5.41, 5.74) is 9.26. The summed E-state index contributed by atoms with van der Waals surface area (Å²) in [6.07, 6.45) is 5.33. The molecule has 0 aromatic carbocycles. The molecule has 0 saturated heterocycles. The molecule has 0 spiro atoms. The lowest BCUT2D eigenvalue weighted by Gasteiger charge is -2.04. The topological polar surface area (TPSA) is 56.7 Å². The van der Waals surface area contributed by atoms with Crippen molar-refractivity contribution in [2.75, 3.05) is 0 Å². The van der Waals surface area contributed by atoms with Crippen LogP contribution < -0.4 is 5.73 Å². The van der Waals surface area contributed by atoms with Gasteiger partial charge in [0.25, 0.3) is 0 Å². The Labute approximate surface area is 101 Å². The van der Waals surface area contributed by atoms with E-state index in [-0.39, 0.29) is 6.04 Å². The molecule has 1 fully saturated rings. The van der Waals surface area contributed by atoms with E-state index in [1.807, 2.05) is 24.9 Å². The molecular weight excluding hydrogens is 212 g/mol. The zero-order chi connectivity index (χ0) is 12.0. The van der Waals surface area contributed by atoms with Gasteiger partial charge >= 0.3 is 0 Å². The number of aryl methyl sites for hydroxylation is 1. The largest absolute Gasteiger partial charge is 0.328 e. The Bertz CT molecular complexity index is 552. The van der Waals surface area contributed by atoms with Crippen molar-refractivity contribution in [3.8, 4) is 0 Å². The first kappa shape index (κ1) is 10.7. The van der Waals surface area contributed by atoms with Gasteiger partial charge in [-0.3, -0.25) is 4.68 Å². The van der Waals surface area contributed by atoms with Gasteiger partial charge in [0.15, 0.2) is 5.65 Å². The van der Waals surface area contributed by atoms with Gasteiger partial charge in [-0.15, -0.1) is 0 Å². The van der Waals surface area contributed by atoms with E-state index in [0.717, 1.165) is 12.1 Å². The summed E-state index contributed by atoms with van der Waals surface area (Å²) in [4.78, 5) is 4.51. The Morgan fingerprint density at radius 1 is 1.53 bits per heavy atom. The van der Waals surface area contributed by atoms with Crippen LogP contribution in [0.15, 0.2) is 12.3 Å². The van der Waals surface area contributed by atoms with E-state index < -0.39 is 0 Å². The highest BCUT2D eigenvalue weighted by Gasteiger charge is 2.29. The average molecular weight is 230 g/mol. The Morgan fingerprint density at radius 2 is 2.29 bits per heavy atom. The van der Waals surface area contributed by atoms with Crippen LogP contribution in [0.2, 0.25) is 0 Å². The van der Waals surface area contributed by atoms with Crippen molar-refractivity contribution in [2.24, 2.45) is 12.8 Å². The number of hydrogen-bond donors (Lipinski definition) is 1. The summed E-state index contributed by atoms with van der Waals surface area (Å²) in [6.45, 7) is 2.02. The summed E-state index contributed by atoms with van der Waals surface area (Å²) in [6, 6.07) is 2.39. The number of pyridine rings is 1. The van der Waals surface area contributed by atoms with Gasteiger partial charge in [-0.25, -0.2) is 4.98 Å². The van der Waals surface area contributed by atoms with Crippen molar-refractivity contribution >= 4 is 11.0 Å². The van der Waals surface area contributed by atoms with E-state index in [2.05, 4.69) is 16.1 Å². The molecule has 0 radical (unpaired) electrons. The molecule has 90 valence electrons. The molecular formula is C13H18N4. The fourth-order valence-electron chi connectivity index (χ4n) is 2.35. The summed E-state index contributed by atoms with van der Waals surface area (Å²) in [7, 11) is 1.96. The fourth-order valence-corrected chi connectivity index (χ4v) is 2.35. The quantitative estimate of drug-likeness (QED) is 0.873. The van der Waals surface area contributed by atoms with Crippen LogP contribution in [-0.2, 0) is 13.5 Å². The normalized spacial score (nSPS) is 17.6. The first-order chi connectivity index (χ1) is 8.15. The first-order valence-electron chi connectivity index (χ1n) is 6.22. The van der Waals surface area contributed by atoms with Gasteiger partial charge in [0.2, 0.25) is 0 Å². The van der Waals surface area contributed by atoms with Gasteiger partial charge in [-0.2, -0.15) is 5.10 Å². The highest BCUT2D eigenvalue weighted by atomic mass is 15.3. The third kappa shape index (κ3) is 1.93. The van der Waals surface area contributed by atoms with Crippen molar-refractivity contribution in [1.29, 1.82) is 0 Å². The van der Waals surface area contributed by atoms with Gasteiger partial charge < -0.3 is 5.73 Å². The van der Waals surface area contributed by atoms with Crippen molar-refractivity contribution in [3.05, 3.63) is 23.5 Å². The molecule has 4 nitrogen and oxygen atoms in total. The molecule has 1 unspecified atom stereocenters. The molecule has 3 rings (SSSR count). The van der Waals surface area contributed by atoms with Crippen LogP contribution in [-0.4, -0.2) is 20.8 Å². The van der Waals surface area contributed by atoms with Gasteiger partial charge in [0, 0.05) is 30.6 Å². The number of hydrogen-bond acceptors (Lipinski definition) is 3. The Hall–Kier alpha value is -1.42. The van der Waals surface area contributed by atoms with E-state index in [1.54, 1.807) is 0 Å². The number of aromatic nitrogens is 3. The van der Waals surface area contributed by atoms with Gasteiger partial charge in [0.05, 0.1) is 5.69 Å². The Kier molecular flexibility index (Phi) is 2.40. The van der Waals surface area contributed by atoms with Crippen LogP contribution in [0.4, 0.5) is 0 Å². The molecule has 2 aromatic heterocycles. The van der Waals surface area contributed by atoms with Crippen molar-refractivity contribution in [2.45, 2.75) is 38.1 Å². The minimum absolute atomic E-state index is 0.176. The fraction of sp³-hybridized carbons (Fsp3) is 0.538. The second-order valence-corrected chi connectivity index (χ2v) is 5.18. The molecule has 2 aromatic rings. The van der Waals surface area contributed by atoms with E-state index in [1.165, 1.54) is 29.5 Å². The van der Waals surface area contributed by atoms with E-state index in [9.17, 15) is 0 Å². The predicted octanol–water partition coefficient (Wildman–Crippen LogP) is 1.74. The molecule has 0 amide bonds. The molecule has 2 N–H and O–H groups in total. The van der Waals surface area contributed by atoms with E-state index >= 15 is 0 Å². The van der Waals surface area contributed by atoms with Crippen molar-refractivity contribution in [3.63, 3.8) is 0 Å². The molecule has 4 heteroatoms. The van der Waals surface area contributed by atoms with Crippen LogP contribution in [0.1, 0.15) is 36.9 Å². The molecule has 17 heavy (non-hydrogen) atoms. The summed E-state index contributed by atoms with van der Waals surface area (Å²) >= 11 is 0. The molecule has 1 aliphatic carbocycles. The van der Waals surface area contributed by atoms with Crippen LogP contribution in [0.3, 0.4) is 0 Å². The maximum absolute atomic E-state index is 5.84. The molecule has 0 aliphatic heterocycles. The highest BCUT2D eigenvalue weighted by Crippen LogP contribution is 2.42. The predicted molar refractivity (Wildman–Crippen MR) is 67.8 cm³/mol. The van der Waals surface area contributed by atoms with Crippen LogP contribution >= 0.6 is 0 Å². The maximum atomic E-state index is 5.84. The zero-order valence-corrected chi connectivity index (χ0v) is 10.3. The maximum Gasteiger partial charge on any atom is 0.157 e. The lowest BCUT2D eigenvalue weighted by Crippen LogP contribution is -2.17. The lowest BCUT2D eigenvalue weighted by atomic mass is 10.1. The standard InChI is InChI=1S/C13H18N4/c1-8(14)5-9-6-11-12(10-3-4-10)16-17(2)13(11)15-7-9/h6-8,10H,3-5,14H2,1-2H3. The van der Waals surface area contributed by atoms with Crippen molar-refractivity contribution in [1.82, 2.24) is 14.8 Å². The monoisotopic (exact) mass is 230 g/mol. The van der Waals surface area contributed by atoms with Gasteiger partial charge in [0.1, 0.15) is 0 Å². The zero-order valence-electron chi connectivity index (χ0n) is 10.3. The van der Waals surface area contributed by atoms with E-state index in [0.29, 0.717) is 5.92 Å². The van der Waals surface area contributed by atoms with Crippen LogP contribution in [0.5, 0.6) is 0 Å². The highest BCUT2D eigenvalue weighted by molar-refractivity contribution is 5.79.